The van der Waals surface area contributed by atoms with E-state index in [1.165, 1.54) is 23.5 Å². The van der Waals surface area contributed by atoms with Gasteiger partial charge in [-0.3, -0.25) is 0 Å². The number of hydrogen-bond acceptors (Lipinski definition) is 3. The van der Waals surface area contributed by atoms with Crippen molar-refractivity contribution < 1.29 is 9.50 Å². The number of thiazole rings is 1. The van der Waals surface area contributed by atoms with Crippen LogP contribution < -0.4 is 0 Å². The SMILES string of the molecule is Cc1ncsc1C(O)Cc1cc(F)ccc1Br. The maximum atomic E-state index is 13.1. The third kappa shape index (κ3) is 2.91. The van der Waals surface area contributed by atoms with E-state index in [0.717, 1.165) is 20.6 Å². The molecule has 0 radical (unpaired) electrons. The molecule has 0 aliphatic carbocycles. The lowest BCUT2D eigenvalue weighted by Crippen LogP contribution is -2.02. The van der Waals surface area contributed by atoms with Crippen molar-refractivity contribution in [1.82, 2.24) is 4.98 Å². The average molecular weight is 316 g/mol. The summed E-state index contributed by atoms with van der Waals surface area (Å²) >= 11 is 4.77. The highest BCUT2D eigenvalue weighted by atomic mass is 79.9. The molecule has 0 saturated heterocycles. The summed E-state index contributed by atoms with van der Waals surface area (Å²) in [4.78, 5) is 4.93. The second-order valence-corrected chi connectivity index (χ2v) is 5.50. The lowest BCUT2D eigenvalue weighted by molar-refractivity contribution is 0.181. The largest absolute Gasteiger partial charge is 0.387 e. The number of aliphatic hydroxyl groups excluding tert-OH is 1. The van der Waals surface area contributed by atoms with Crippen LogP contribution >= 0.6 is 27.3 Å². The number of nitrogens with zero attached hydrogens (tertiary/aromatic N) is 1. The molecular formula is C12H11BrFNOS. The number of halogens is 2. The van der Waals surface area contributed by atoms with Gasteiger partial charge in [0.2, 0.25) is 0 Å². The molecule has 1 aromatic heterocycles. The zero-order valence-corrected chi connectivity index (χ0v) is 11.6. The van der Waals surface area contributed by atoms with Crippen LogP contribution in [-0.2, 0) is 6.42 Å². The summed E-state index contributed by atoms with van der Waals surface area (Å²) in [5.41, 5.74) is 3.29. The minimum Gasteiger partial charge on any atom is -0.387 e. The summed E-state index contributed by atoms with van der Waals surface area (Å²) in [6.45, 7) is 1.86. The smallest absolute Gasteiger partial charge is 0.123 e. The van der Waals surface area contributed by atoms with Crippen molar-refractivity contribution in [2.24, 2.45) is 0 Å². The number of aliphatic hydroxyl groups is 1. The first-order valence-corrected chi connectivity index (χ1v) is 6.77. The highest BCUT2D eigenvalue weighted by molar-refractivity contribution is 9.10. The summed E-state index contributed by atoms with van der Waals surface area (Å²) < 4.78 is 13.9. The Balaban J connectivity index is 2.21. The molecule has 90 valence electrons. The van der Waals surface area contributed by atoms with E-state index >= 15 is 0 Å². The topological polar surface area (TPSA) is 33.1 Å². The molecule has 0 bridgehead atoms. The summed E-state index contributed by atoms with van der Waals surface area (Å²) in [6.07, 6.45) is -0.262. The fourth-order valence-electron chi connectivity index (χ4n) is 1.63. The Morgan fingerprint density at radius 2 is 2.29 bits per heavy atom. The predicted molar refractivity (Wildman–Crippen MR) is 69.6 cm³/mol. The van der Waals surface area contributed by atoms with E-state index in [0.29, 0.717) is 6.42 Å². The van der Waals surface area contributed by atoms with E-state index in [-0.39, 0.29) is 5.82 Å². The van der Waals surface area contributed by atoms with Gasteiger partial charge in [0, 0.05) is 10.9 Å². The molecule has 0 spiro atoms. The van der Waals surface area contributed by atoms with Crippen LogP contribution in [0.4, 0.5) is 4.39 Å². The Hall–Kier alpha value is -0.780. The van der Waals surface area contributed by atoms with Gasteiger partial charge in [-0.15, -0.1) is 11.3 Å². The van der Waals surface area contributed by atoms with Crippen molar-refractivity contribution in [3.8, 4) is 0 Å². The van der Waals surface area contributed by atoms with Crippen LogP contribution in [-0.4, -0.2) is 10.1 Å². The van der Waals surface area contributed by atoms with Crippen LogP contribution in [0.3, 0.4) is 0 Å². The quantitative estimate of drug-likeness (QED) is 0.938. The van der Waals surface area contributed by atoms with Crippen molar-refractivity contribution in [3.63, 3.8) is 0 Å². The zero-order valence-electron chi connectivity index (χ0n) is 9.15. The highest BCUT2D eigenvalue weighted by Gasteiger charge is 2.15. The van der Waals surface area contributed by atoms with Gasteiger partial charge in [0.25, 0.3) is 0 Å². The molecule has 17 heavy (non-hydrogen) atoms. The van der Waals surface area contributed by atoms with Gasteiger partial charge in [0.1, 0.15) is 5.82 Å². The van der Waals surface area contributed by atoms with E-state index in [4.69, 9.17) is 0 Å². The van der Waals surface area contributed by atoms with E-state index < -0.39 is 6.10 Å². The molecule has 2 nitrogen and oxygen atoms in total. The normalized spacial score (nSPS) is 12.7. The van der Waals surface area contributed by atoms with Gasteiger partial charge in [0.15, 0.2) is 0 Å². The Labute approximate surface area is 111 Å². The minimum atomic E-state index is -0.638. The number of aryl methyl sites for hydroxylation is 1. The van der Waals surface area contributed by atoms with Crippen molar-refractivity contribution in [3.05, 3.63) is 50.1 Å². The van der Waals surface area contributed by atoms with Crippen LogP contribution in [0.1, 0.15) is 22.2 Å². The lowest BCUT2D eigenvalue weighted by atomic mass is 10.1. The Kier molecular flexibility index (Phi) is 3.91. The summed E-state index contributed by atoms with van der Waals surface area (Å²) in [5.74, 6) is -0.295. The summed E-state index contributed by atoms with van der Waals surface area (Å²) in [6, 6.07) is 4.47. The molecule has 0 fully saturated rings. The third-order valence-electron chi connectivity index (χ3n) is 2.51. The van der Waals surface area contributed by atoms with Crippen LogP contribution in [0, 0.1) is 12.7 Å². The molecule has 1 aromatic carbocycles. The van der Waals surface area contributed by atoms with E-state index in [1.54, 1.807) is 11.6 Å². The lowest BCUT2D eigenvalue weighted by Gasteiger charge is -2.11. The van der Waals surface area contributed by atoms with Crippen molar-refractivity contribution in [1.29, 1.82) is 0 Å². The standard InChI is InChI=1S/C12H11BrFNOS/c1-7-12(17-6-15-7)11(16)5-8-4-9(14)2-3-10(8)13/h2-4,6,11,16H,5H2,1H3. The third-order valence-corrected chi connectivity index (χ3v) is 4.31. The molecule has 1 atom stereocenters. The first kappa shape index (κ1) is 12.7. The van der Waals surface area contributed by atoms with Crippen molar-refractivity contribution in [2.75, 3.05) is 0 Å². The van der Waals surface area contributed by atoms with Gasteiger partial charge in [-0.1, -0.05) is 15.9 Å². The van der Waals surface area contributed by atoms with Crippen LogP contribution in [0.25, 0.3) is 0 Å². The molecule has 1 N–H and O–H groups in total. The van der Waals surface area contributed by atoms with E-state index in [2.05, 4.69) is 20.9 Å². The zero-order chi connectivity index (χ0) is 12.4. The number of aromatic nitrogens is 1. The van der Waals surface area contributed by atoms with Crippen LogP contribution in [0.2, 0.25) is 0 Å². The fourth-order valence-corrected chi connectivity index (χ4v) is 2.83. The molecule has 0 aliphatic heterocycles. The molecular weight excluding hydrogens is 305 g/mol. The molecule has 5 heteroatoms. The van der Waals surface area contributed by atoms with Gasteiger partial charge >= 0.3 is 0 Å². The first-order valence-electron chi connectivity index (χ1n) is 5.10. The molecule has 0 aliphatic rings. The minimum absolute atomic E-state index is 0.295. The highest BCUT2D eigenvalue weighted by Crippen LogP contribution is 2.28. The van der Waals surface area contributed by atoms with Gasteiger partial charge < -0.3 is 5.11 Å². The monoisotopic (exact) mass is 315 g/mol. The summed E-state index contributed by atoms with van der Waals surface area (Å²) in [5, 5.41) is 10.1. The predicted octanol–water partition coefficient (Wildman–Crippen LogP) is 3.63. The van der Waals surface area contributed by atoms with E-state index in [1.807, 2.05) is 6.92 Å². The Morgan fingerprint density at radius 1 is 1.53 bits per heavy atom. The van der Waals surface area contributed by atoms with Gasteiger partial charge in [-0.25, -0.2) is 9.37 Å². The second kappa shape index (κ2) is 5.25. The molecule has 1 unspecified atom stereocenters. The fraction of sp³-hybridized carbons (Fsp3) is 0.250. The van der Waals surface area contributed by atoms with Crippen molar-refractivity contribution >= 4 is 27.3 Å². The first-order chi connectivity index (χ1) is 8.08. The van der Waals surface area contributed by atoms with Crippen molar-refractivity contribution in [2.45, 2.75) is 19.4 Å². The summed E-state index contributed by atoms with van der Waals surface area (Å²) in [7, 11) is 0. The molecule has 0 amide bonds. The molecule has 2 aromatic rings. The van der Waals surface area contributed by atoms with Gasteiger partial charge in [-0.2, -0.15) is 0 Å². The van der Waals surface area contributed by atoms with E-state index in [9.17, 15) is 9.50 Å². The second-order valence-electron chi connectivity index (χ2n) is 3.76. The van der Waals surface area contributed by atoms with Gasteiger partial charge in [0.05, 0.1) is 22.2 Å². The molecule has 1 heterocycles. The maximum Gasteiger partial charge on any atom is 0.123 e. The Morgan fingerprint density at radius 3 is 2.94 bits per heavy atom. The number of benzene rings is 1. The molecule has 0 saturated carbocycles. The van der Waals surface area contributed by atoms with Crippen LogP contribution in [0.5, 0.6) is 0 Å². The Bertz CT molecular complexity index is 529. The number of rotatable bonds is 3. The maximum absolute atomic E-state index is 13.1. The molecule has 2 rings (SSSR count). The number of hydrogen-bond donors (Lipinski definition) is 1. The average Bonchev–Trinajstić information content (AvgIpc) is 2.70. The van der Waals surface area contributed by atoms with Crippen LogP contribution in [0.15, 0.2) is 28.2 Å². The van der Waals surface area contributed by atoms with Gasteiger partial charge in [-0.05, 0) is 30.7 Å².